The van der Waals surface area contributed by atoms with E-state index in [-0.39, 0.29) is 22.2 Å². The lowest BCUT2D eigenvalue weighted by Crippen LogP contribution is -2.65. The van der Waals surface area contributed by atoms with E-state index >= 15 is 0 Å². The number of unbranched alkanes of at least 4 members (excludes halogenated alkanes) is 7. The average molecular weight is 713 g/mol. The van der Waals surface area contributed by atoms with Crippen LogP contribution in [-0.2, 0) is 0 Å². The first kappa shape index (κ1) is 44.0. The van der Waals surface area contributed by atoms with Crippen LogP contribution in [0.5, 0.6) is 0 Å². The normalized spacial score (nSPS) is 22.4. The molecule has 2 saturated heterocycles. The molecule has 3 rings (SSSR count). The number of piperidine rings is 2. The van der Waals surface area contributed by atoms with Crippen molar-refractivity contribution in [3.8, 4) is 0 Å². The molecule has 0 saturated carbocycles. The van der Waals surface area contributed by atoms with Crippen molar-refractivity contribution in [1.82, 2.24) is 34.6 Å². The Bertz CT molecular complexity index is 1070. The Labute approximate surface area is 316 Å². The molecule has 1 aromatic rings. The molecule has 8 nitrogen and oxygen atoms in total. The van der Waals surface area contributed by atoms with Gasteiger partial charge in [0.15, 0.2) is 0 Å². The molecule has 0 aromatic carbocycles. The predicted octanol–water partition coefficient (Wildman–Crippen LogP) is 9.67. The second-order valence-electron chi connectivity index (χ2n) is 19.1. The molecule has 2 aliphatic heterocycles. The highest BCUT2D eigenvalue weighted by molar-refractivity contribution is 5.21. The van der Waals surface area contributed by atoms with Gasteiger partial charge in [0.2, 0.25) is 5.95 Å². The van der Waals surface area contributed by atoms with Gasteiger partial charge in [0.25, 0.3) is 0 Å². The fourth-order valence-corrected chi connectivity index (χ4v) is 9.88. The molecule has 1 aromatic heterocycles. The first-order chi connectivity index (χ1) is 24.0. The van der Waals surface area contributed by atoms with Crippen molar-refractivity contribution in [1.29, 1.82) is 0 Å². The molecule has 2 unspecified atom stereocenters. The maximum absolute atomic E-state index is 4.52. The highest BCUT2D eigenvalue weighted by Gasteiger charge is 2.48. The zero-order valence-electron chi connectivity index (χ0n) is 36.0. The molecule has 0 aliphatic carbocycles. The van der Waals surface area contributed by atoms with Gasteiger partial charge in [0.1, 0.15) is 12.7 Å². The number of hydrogen-bond acceptors (Lipinski definition) is 8. The minimum Gasteiger partial charge on any atom is -0.353 e. The molecular formula is C43H84N8. The molecule has 2 aliphatic rings. The van der Waals surface area contributed by atoms with Gasteiger partial charge in [0.05, 0.1) is 0 Å². The van der Waals surface area contributed by atoms with Crippen molar-refractivity contribution in [2.45, 2.75) is 225 Å². The standard InChI is InChI=1S/C43H84N8/c1-14-17-20-21-22-23-24-35(50(25-18-15-2)37-28-40(4,5)48(12)41(6,7)29-37)27-36(32-45-39-46-33-44-34-47-39)51(26-19-16-3)38-30-42(8,9)49(13)43(10,11)31-38/h33-38H,14-32H2,1-13H3,(H,44,45,46,47). The van der Waals surface area contributed by atoms with Crippen LogP contribution in [-0.4, -0.2) is 115 Å². The third-order valence-electron chi connectivity index (χ3n) is 13.4. The summed E-state index contributed by atoms with van der Waals surface area (Å²) in [7, 11) is 4.71. The van der Waals surface area contributed by atoms with Crippen molar-refractivity contribution in [2.24, 2.45) is 0 Å². The lowest BCUT2D eigenvalue weighted by Gasteiger charge is -2.58. The van der Waals surface area contributed by atoms with Gasteiger partial charge in [-0.05, 0) is 134 Å². The number of likely N-dealkylation sites (tertiary alicyclic amines) is 2. The average Bonchev–Trinajstić information content (AvgIpc) is 3.06. The molecule has 1 N–H and O–H groups in total. The largest absolute Gasteiger partial charge is 0.353 e. The van der Waals surface area contributed by atoms with E-state index in [1.165, 1.54) is 109 Å². The van der Waals surface area contributed by atoms with Crippen LogP contribution in [0.1, 0.15) is 179 Å². The number of anilines is 1. The van der Waals surface area contributed by atoms with Gasteiger partial charge in [-0.25, -0.2) is 15.0 Å². The smallest absolute Gasteiger partial charge is 0.225 e. The third kappa shape index (κ3) is 12.6. The Kier molecular flexibility index (Phi) is 17.1. The van der Waals surface area contributed by atoms with E-state index < -0.39 is 0 Å². The van der Waals surface area contributed by atoms with Crippen molar-refractivity contribution in [3.05, 3.63) is 12.7 Å². The van der Waals surface area contributed by atoms with Gasteiger partial charge < -0.3 is 5.32 Å². The lowest BCUT2D eigenvalue weighted by atomic mass is 9.75. The molecule has 0 radical (unpaired) electrons. The van der Waals surface area contributed by atoms with E-state index in [4.69, 9.17) is 0 Å². The Morgan fingerprint density at radius 3 is 1.49 bits per heavy atom. The van der Waals surface area contributed by atoms with E-state index in [0.29, 0.717) is 30.1 Å². The van der Waals surface area contributed by atoms with Crippen LogP contribution in [0.2, 0.25) is 0 Å². The highest BCUT2D eigenvalue weighted by Crippen LogP contribution is 2.42. The molecule has 0 spiro atoms. The first-order valence-corrected chi connectivity index (χ1v) is 21.3. The van der Waals surface area contributed by atoms with Crippen LogP contribution in [0.4, 0.5) is 5.95 Å². The number of nitrogens with one attached hydrogen (secondary N) is 1. The van der Waals surface area contributed by atoms with Crippen LogP contribution < -0.4 is 5.32 Å². The molecule has 296 valence electrons. The van der Waals surface area contributed by atoms with Gasteiger partial charge in [-0.2, -0.15) is 0 Å². The predicted molar refractivity (Wildman–Crippen MR) is 220 cm³/mol. The zero-order valence-corrected chi connectivity index (χ0v) is 36.0. The van der Waals surface area contributed by atoms with Gasteiger partial charge in [-0.1, -0.05) is 72.1 Å². The number of nitrogens with zero attached hydrogens (tertiary/aromatic N) is 7. The molecule has 0 bridgehead atoms. The van der Waals surface area contributed by atoms with Gasteiger partial charge in [0, 0.05) is 52.9 Å². The van der Waals surface area contributed by atoms with E-state index in [1.807, 2.05) is 0 Å². The summed E-state index contributed by atoms with van der Waals surface area (Å²) in [6, 6.07) is 2.05. The third-order valence-corrected chi connectivity index (χ3v) is 13.4. The molecule has 8 heteroatoms. The number of hydrogen-bond donors (Lipinski definition) is 1. The summed E-state index contributed by atoms with van der Waals surface area (Å²) in [6.07, 6.45) is 23.6. The quantitative estimate of drug-likeness (QED) is 0.119. The van der Waals surface area contributed by atoms with Gasteiger partial charge >= 0.3 is 0 Å². The van der Waals surface area contributed by atoms with Crippen molar-refractivity contribution in [3.63, 3.8) is 0 Å². The fraction of sp³-hybridized carbons (Fsp3) is 0.930. The van der Waals surface area contributed by atoms with Crippen molar-refractivity contribution >= 4 is 5.95 Å². The van der Waals surface area contributed by atoms with E-state index in [9.17, 15) is 0 Å². The maximum Gasteiger partial charge on any atom is 0.225 e. The summed E-state index contributed by atoms with van der Waals surface area (Å²) in [5.74, 6) is 0.698. The van der Waals surface area contributed by atoms with Crippen molar-refractivity contribution in [2.75, 3.05) is 39.0 Å². The number of rotatable bonds is 22. The summed E-state index contributed by atoms with van der Waals surface area (Å²) in [5.41, 5.74) is 0.609. The SMILES string of the molecule is CCCCCCCCC(CC(CNc1ncncn1)N(CCCC)C1CC(C)(C)N(C)C(C)(C)C1)N(CCCC)C1CC(C)(C)N(C)C(C)(C)C1. The molecule has 0 amide bonds. The Morgan fingerprint density at radius 1 is 0.627 bits per heavy atom. The van der Waals surface area contributed by atoms with Crippen LogP contribution >= 0.6 is 0 Å². The monoisotopic (exact) mass is 713 g/mol. The number of aromatic nitrogens is 3. The summed E-state index contributed by atoms with van der Waals surface area (Å²) in [5, 5.41) is 3.74. The van der Waals surface area contributed by atoms with E-state index in [2.05, 4.69) is 130 Å². The molecule has 2 fully saturated rings. The van der Waals surface area contributed by atoms with E-state index in [0.717, 1.165) is 13.1 Å². The van der Waals surface area contributed by atoms with Gasteiger partial charge in [-0.3, -0.25) is 19.6 Å². The minimum atomic E-state index is 0.138. The Hall–Kier alpha value is -1.35. The topological polar surface area (TPSA) is 63.7 Å². The zero-order chi connectivity index (χ0) is 37.9. The minimum absolute atomic E-state index is 0.138. The van der Waals surface area contributed by atoms with E-state index in [1.54, 1.807) is 12.7 Å². The Balaban J connectivity index is 2.06. The highest BCUT2D eigenvalue weighted by atomic mass is 15.3. The Morgan fingerprint density at radius 2 is 1.04 bits per heavy atom. The first-order valence-electron chi connectivity index (χ1n) is 21.3. The summed E-state index contributed by atoms with van der Waals surface area (Å²) in [4.78, 5) is 24.5. The van der Waals surface area contributed by atoms with Crippen molar-refractivity contribution < 1.29 is 0 Å². The van der Waals surface area contributed by atoms with Gasteiger partial charge in [-0.15, -0.1) is 0 Å². The summed E-state index contributed by atoms with van der Waals surface area (Å²) in [6.45, 7) is 30.1. The molecule has 2 atom stereocenters. The fourth-order valence-electron chi connectivity index (χ4n) is 9.88. The second-order valence-corrected chi connectivity index (χ2v) is 19.1. The maximum atomic E-state index is 4.52. The van der Waals surface area contributed by atoms with Crippen LogP contribution in [0.25, 0.3) is 0 Å². The summed E-state index contributed by atoms with van der Waals surface area (Å²) < 4.78 is 0. The molecule has 51 heavy (non-hydrogen) atoms. The second kappa shape index (κ2) is 19.8. The van der Waals surface area contributed by atoms with Crippen LogP contribution in [0.15, 0.2) is 12.7 Å². The van der Waals surface area contributed by atoms with Crippen LogP contribution in [0.3, 0.4) is 0 Å². The molecular weight excluding hydrogens is 629 g/mol. The van der Waals surface area contributed by atoms with Crippen LogP contribution in [0, 0.1) is 0 Å². The molecule has 3 heterocycles. The lowest BCUT2D eigenvalue weighted by molar-refractivity contribution is -0.0698. The summed E-state index contributed by atoms with van der Waals surface area (Å²) >= 11 is 0.